The third kappa shape index (κ3) is 7.15. The second-order valence-corrected chi connectivity index (χ2v) is 14.2. The molecule has 17 heteroatoms. The van der Waals surface area contributed by atoms with Crippen molar-refractivity contribution >= 4 is 52.1 Å². The van der Waals surface area contributed by atoms with E-state index in [1.807, 2.05) is 0 Å². The van der Waals surface area contributed by atoms with Crippen LogP contribution in [0.4, 0.5) is 26.3 Å². The Bertz CT molecular complexity index is 1680. The zero-order chi connectivity index (χ0) is 35.0. The van der Waals surface area contributed by atoms with E-state index in [1.54, 1.807) is 13.0 Å². The van der Waals surface area contributed by atoms with Gasteiger partial charge in [0.15, 0.2) is 0 Å². The van der Waals surface area contributed by atoms with E-state index in [0.29, 0.717) is 34.1 Å². The van der Waals surface area contributed by atoms with Crippen LogP contribution in [0.5, 0.6) is 5.75 Å². The molecule has 0 spiro atoms. The fraction of sp³-hybridized carbons (Fsp3) is 0.484. The molecular formula is C31H30ClF6N3O5S2. The number of fused-ring (bicyclic) bond motifs is 1. The molecule has 2 amide bonds. The topological polar surface area (TPSA) is 100 Å². The average molecular weight is 738 g/mol. The lowest BCUT2D eigenvalue weighted by molar-refractivity contribution is -0.163. The largest absolute Gasteiger partial charge is 0.481 e. The third-order valence-electron chi connectivity index (χ3n) is 8.54. The van der Waals surface area contributed by atoms with E-state index in [-0.39, 0.29) is 50.9 Å². The van der Waals surface area contributed by atoms with Gasteiger partial charge in [-0.3, -0.25) is 19.4 Å². The third-order valence-corrected chi connectivity index (χ3v) is 10.8. The lowest BCUT2D eigenvalue weighted by Gasteiger charge is -2.51. The second-order valence-electron chi connectivity index (χ2n) is 11.6. The number of aromatic nitrogens is 1. The van der Waals surface area contributed by atoms with Gasteiger partial charge < -0.3 is 19.6 Å². The van der Waals surface area contributed by atoms with Crippen molar-refractivity contribution in [2.45, 2.75) is 81.9 Å². The number of carbonyl (C=O) groups excluding carboxylic acids is 2. The van der Waals surface area contributed by atoms with Crippen LogP contribution in [0.25, 0.3) is 0 Å². The monoisotopic (exact) mass is 737 g/mol. The number of amides is 2. The predicted octanol–water partition coefficient (Wildman–Crippen LogP) is 8.11. The van der Waals surface area contributed by atoms with Crippen LogP contribution in [0.15, 0.2) is 35.8 Å². The fourth-order valence-corrected chi connectivity index (χ4v) is 8.57. The smallest absolute Gasteiger partial charge is 0.425 e. The van der Waals surface area contributed by atoms with Gasteiger partial charge in [-0.25, -0.2) is 0 Å². The normalized spacial score (nSPS) is 21.6. The SMILES string of the molecule is CCC[C@H]1N(C(=O)c2ncccc2C(F)(F)F)CCC[C@@]1(Oc1csc(C(F)(F)F)c1)C(=O)N1CCc2sc(Cl)cc2C1CCC(=O)O. The Balaban J connectivity index is 1.64. The van der Waals surface area contributed by atoms with Crippen molar-refractivity contribution in [3.8, 4) is 5.75 Å². The summed E-state index contributed by atoms with van der Waals surface area (Å²) in [5, 5.41) is 10.6. The lowest BCUT2D eigenvalue weighted by Crippen LogP contribution is -2.68. The number of carboxylic acid groups (broad SMARTS) is 1. The highest BCUT2D eigenvalue weighted by Gasteiger charge is 2.57. The van der Waals surface area contributed by atoms with Gasteiger partial charge in [-0.15, -0.1) is 22.7 Å². The molecule has 3 aromatic rings. The molecule has 1 fully saturated rings. The van der Waals surface area contributed by atoms with E-state index < -0.39 is 64.0 Å². The Hall–Kier alpha value is -3.37. The number of likely N-dealkylation sites (tertiary alicyclic amines) is 1. The molecule has 0 aliphatic carbocycles. The number of halogens is 7. The summed E-state index contributed by atoms with van der Waals surface area (Å²) >= 11 is 7.94. The van der Waals surface area contributed by atoms with E-state index in [4.69, 9.17) is 16.3 Å². The van der Waals surface area contributed by atoms with Gasteiger partial charge in [0.2, 0.25) is 5.60 Å². The van der Waals surface area contributed by atoms with Crippen molar-refractivity contribution in [1.82, 2.24) is 14.8 Å². The summed E-state index contributed by atoms with van der Waals surface area (Å²) in [6.45, 7) is 1.75. The molecule has 5 rings (SSSR count). The number of hydrogen-bond donors (Lipinski definition) is 1. The van der Waals surface area contributed by atoms with Crippen LogP contribution in [-0.4, -0.2) is 62.4 Å². The maximum Gasteiger partial charge on any atom is 0.425 e. The van der Waals surface area contributed by atoms with Gasteiger partial charge in [0.05, 0.1) is 22.0 Å². The predicted molar refractivity (Wildman–Crippen MR) is 165 cm³/mol. The first-order chi connectivity index (χ1) is 22.6. The van der Waals surface area contributed by atoms with Crippen molar-refractivity contribution < 1.29 is 50.6 Å². The lowest BCUT2D eigenvalue weighted by atomic mass is 9.79. The van der Waals surface area contributed by atoms with Crippen molar-refractivity contribution in [3.05, 3.63) is 66.8 Å². The molecule has 1 N–H and O–H groups in total. The van der Waals surface area contributed by atoms with E-state index >= 15 is 4.79 Å². The number of alkyl halides is 6. The quantitative estimate of drug-likeness (QED) is 0.223. The molecule has 5 heterocycles. The molecule has 0 aromatic carbocycles. The Morgan fingerprint density at radius 1 is 1.10 bits per heavy atom. The van der Waals surface area contributed by atoms with Crippen molar-refractivity contribution in [2.75, 3.05) is 13.1 Å². The molecule has 260 valence electrons. The Morgan fingerprint density at radius 3 is 2.50 bits per heavy atom. The Labute approximate surface area is 284 Å². The first kappa shape index (κ1) is 35.9. The molecule has 3 atom stereocenters. The highest BCUT2D eigenvalue weighted by atomic mass is 35.5. The summed E-state index contributed by atoms with van der Waals surface area (Å²) in [7, 11) is 0. The van der Waals surface area contributed by atoms with Crippen LogP contribution in [-0.2, 0) is 28.4 Å². The number of carbonyl (C=O) groups is 3. The van der Waals surface area contributed by atoms with Gasteiger partial charge >= 0.3 is 18.3 Å². The number of thiophene rings is 2. The summed E-state index contributed by atoms with van der Waals surface area (Å²) in [5.41, 5.74) is -3.55. The van der Waals surface area contributed by atoms with Crippen LogP contribution < -0.4 is 4.74 Å². The van der Waals surface area contributed by atoms with Crippen molar-refractivity contribution in [2.24, 2.45) is 0 Å². The van der Waals surface area contributed by atoms with E-state index in [9.17, 15) is 41.0 Å². The summed E-state index contributed by atoms with van der Waals surface area (Å²) in [5.74, 6) is -3.22. The number of rotatable bonds is 9. The molecule has 2 aliphatic rings. The van der Waals surface area contributed by atoms with Crippen LogP contribution in [0.1, 0.15) is 82.9 Å². The summed E-state index contributed by atoms with van der Waals surface area (Å²) in [6, 6.07) is 2.15. The molecule has 0 saturated carbocycles. The van der Waals surface area contributed by atoms with Crippen LogP contribution in [0.2, 0.25) is 4.34 Å². The number of aliphatic carboxylic acids is 1. The molecule has 0 bridgehead atoms. The Kier molecular flexibility index (Phi) is 10.4. The summed E-state index contributed by atoms with van der Waals surface area (Å²) in [6.07, 6.45) is -8.23. The zero-order valence-electron chi connectivity index (χ0n) is 25.4. The first-order valence-electron chi connectivity index (χ1n) is 15.1. The van der Waals surface area contributed by atoms with Crippen molar-refractivity contribution in [1.29, 1.82) is 0 Å². The molecule has 8 nitrogen and oxygen atoms in total. The average Bonchev–Trinajstić information content (AvgIpc) is 3.65. The van der Waals surface area contributed by atoms with E-state index in [2.05, 4.69) is 4.98 Å². The molecule has 0 radical (unpaired) electrons. The molecule has 2 aliphatic heterocycles. The van der Waals surface area contributed by atoms with Gasteiger partial charge in [-0.2, -0.15) is 26.3 Å². The van der Waals surface area contributed by atoms with Crippen LogP contribution >= 0.6 is 34.3 Å². The molecule has 3 aromatic heterocycles. The van der Waals surface area contributed by atoms with Gasteiger partial charge in [0.25, 0.3) is 11.8 Å². The van der Waals surface area contributed by atoms with Crippen LogP contribution in [0.3, 0.4) is 0 Å². The minimum atomic E-state index is -4.92. The highest BCUT2D eigenvalue weighted by Crippen LogP contribution is 2.46. The number of pyridine rings is 1. The maximum atomic E-state index is 15.0. The van der Waals surface area contributed by atoms with Gasteiger partial charge in [-0.05, 0) is 49.4 Å². The zero-order valence-corrected chi connectivity index (χ0v) is 27.8. The van der Waals surface area contributed by atoms with Crippen LogP contribution in [0, 0.1) is 0 Å². The van der Waals surface area contributed by atoms with Gasteiger partial charge in [-0.1, -0.05) is 24.9 Å². The summed E-state index contributed by atoms with van der Waals surface area (Å²) in [4.78, 5) is 46.8. The maximum absolute atomic E-state index is 15.0. The van der Waals surface area contributed by atoms with Gasteiger partial charge in [0, 0.05) is 48.5 Å². The second kappa shape index (κ2) is 13.9. The highest BCUT2D eigenvalue weighted by molar-refractivity contribution is 7.16. The standard InChI is InChI=1S/C31H30ClF6N3O5S2/c1-2-5-22-29(46-17-14-23(47-16-17)31(36,37)38,10-4-12-41(22)27(44)26-19(30(33,34)35)6-3-11-39-26)28(45)40-13-9-21-18(15-24(32)48-21)20(40)7-8-25(42)43/h3,6,11,14-16,20,22H,2,4-5,7-10,12-13H2,1H3,(H,42,43)/t20?,22-,29+/m1/s1. The Morgan fingerprint density at radius 2 is 1.85 bits per heavy atom. The molecular weight excluding hydrogens is 708 g/mol. The molecule has 1 unspecified atom stereocenters. The number of piperidine rings is 1. The molecule has 1 saturated heterocycles. The number of nitrogens with zero attached hydrogens (tertiary/aromatic N) is 3. The number of carboxylic acids is 1. The van der Waals surface area contributed by atoms with Crippen molar-refractivity contribution in [3.63, 3.8) is 0 Å². The first-order valence-corrected chi connectivity index (χ1v) is 17.1. The minimum absolute atomic E-state index is 0.0160. The summed E-state index contributed by atoms with van der Waals surface area (Å²) < 4.78 is 89.6. The molecule has 48 heavy (non-hydrogen) atoms. The van der Waals surface area contributed by atoms with E-state index in [0.717, 1.165) is 39.6 Å². The number of hydrogen-bond acceptors (Lipinski definition) is 7. The fourth-order valence-electron chi connectivity index (χ4n) is 6.57. The minimum Gasteiger partial charge on any atom is -0.481 e. The number of ether oxygens (including phenoxy) is 1. The van der Waals surface area contributed by atoms with E-state index in [1.165, 1.54) is 16.2 Å². The van der Waals surface area contributed by atoms with Gasteiger partial charge in [0.1, 0.15) is 16.3 Å².